The zero-order chi connectivity index (χ0) is 17.9. The van der Waals surface area contributed by atoms with Gasteiger partial charge in [-0.05, 0) is 36.4 Å². The van der Waals surface area contributed by atoms with Gasteiger partial charge >= 0.3 is 0 Å². The molecule has 3 rings (SSSR count). The Labute approximate surface area is 153 Å². The third-order valence-electron chi connectivity index (χ3n) is 3.37. The van der Waals surface area contributed by atoms with E-state index in [1.54, 1.807) is 30.3 Å². The van der Waals surface area contributed by atoms with Gasteiger partial charge in [0.1, 0.15) is 13.2 Å². The molecule has 0 saturated heterocycles. The lowest BCUT2D eigenvalue weighted by Crippen LogP contribution is -2.32. The SMILES string of the molecule is O=C(CNS(=O)(=O)c1ccc(Br)cc1)Nc1ccc2c(c1)OCCO2. The Hall–Kier alpha value is -2.10. The number of rotatable bonds is 5. The van der Waals surface area contributed by atoms with Crippen molar-refractivity contribution in [2.75, 3.05) is 25.1 Å². The van der Waals surface area contributed by atoms with Crippen LogP contribution < -0.4 is 19.5 Å². The zero-order valence-corrected chi connectivity index (χ0v) is 15.4. The molecule has 2 aromatic carbocycles. The molecule has 7 nitrogen and oxygen atoms in total. The lowest BCUT2D eigenvalue weighted by molar-refractivity contribution is -0.115. The molecule has 9 heteroatoms. The molecule has 0 aliphatic carbocycles. The summed E-state index contributed by atoms with van der Waals surface area (Å²) in [5.41, 5.74) is 0.497. The molecule has 0 bridgehead atoms. The van der Waals surface area contributed by atoms with Gasteiger partial charge in [-0.2, -0.15) is 0 Å². The van der Waals surface area contributed by atoms with Crippen LogP contribution in [-0.2, 0) is 14.8 Å². The summed E-state index contributed by atoms with van der Waals surface area (Å²) in [6.45, 7) is 0.542. The second-order valence-corrected chi connectivity index (χ2v) is 7.87. The Morgan fingerprint density at radius 3 is 2.44 bits per heavy atom. The molecule has 0 aromatic heterocycles. The minimum absolute atomic E-state index is 0.0860. The maximum atomic E-state index is 12.1. The highest BCUT2D eigenvalue weighted by atomic mass is 79.9. The molecular formula is C16H15BrN2O5S. The smallest absolute Gasteiger partial charge is 0.241 e. The van der Waals surface area contributed by atoms with Gasteiger partial charge in [-0.3, -0.25) is 4.79 Å². The van der Waals surface area contributed by atoms with Crippen LogP contribution in [0.3, 0.4) is 0 Å². The number of sulfonamides is 1. The quantitative estimate of drug-likeness (QED) is 0.763. The predicted molar refractivity (Wildman–Crippen MR) is 95.4 cm³/mol. The van der Waals surface area contributed by atoms with E-state index in [9.17, 15) is 13.2 Å². The number of benzene rings is 2. The van der Waals surface area contributed by atoms with Crippen molar-refractivity contribution in [2.24, 2.45) is 0 Å². The predicted octanol–water partition coefficient (Wildman–Crippen LogP) is 2.14. The molecule has 0 fully saturated rings. The number of hydrogen-bond acceptors (Lipinski definition) is 5. The van der Waals surface area contributed by atoms with Crippen LogP contribution in [0.25, 0.3) is 0 Å². The zero-order valence-electron chi connectivity index (χ0n) is 13.0. The van der Waals surface area contributed by atoms with E-state index in [0.717, 1.165) is 4.47 Å². The summed E-state index contributed by atoms with van der Waals surface area (Å²) in [7, 11) is -3.76. The fraction of sp³-hybridized carbons (Fsp3) is 0.188. The molecule has 1 amide bonds. The van der Waals surface area contributed by atoms with E-state index in [0.29, 0.717) is 30.4 Å². The van der Waals surface area contributed by atoms with Crippen LogP contribution in [-0.4, -0.2) is 34.1 Å². The number of anilines is 1. The average molecular weight is 427 g/mol. The van der Waals surface area contributed by atoms with Crippen LogP contribution in [0, 0.1) is 0 Å². The van der Waals surface area contributed by atoms with E-state index in [4.69, 9.17) is 9.47 Å². The maximum Gasteiger partial charge on any atom is 0.241 e. The van der Waals surface area contributed by atoms with Crippen LogP contribution in [0.2, 0.25) is 0 Å². The number of halogens is 1. The molecule has 0 radical (unpaired) electrons. The standard InChI is InChI=1S/C16H15BrN2O5S/c17-11-1-4-13(5-2-11)25(21,22)18-10-16(20)19-12-3-6-14-15(9-12)24-8-7-23-14/h1-6,9,18H,7-8,10H2,(H,19,20). The monoisotopic (exact) mass is 426 g/mol. The number of ether oxygens (including phenoxy) is 2. The third kappa shape index (κ3) is 4.50. The minimum atomic E-state index is -3.76. The number of carbonyl (C=O) groups is 1. The molecule has 0 atom stereocenters. The van der Waals surface area contributed by atoms with E-state index in [1.165, 1.54) is 12.1 Å². The first kappa shape index (κ1) is 17.7. The van der Waals surface area contributed by atoms with Crippen molar-refractivity contribution in [3.63, 3.8) is 0 Å². The number of nitrogens with one attached hydrogen (secondary N) is 2. The summed E-state index contributed by atoms with van der Waals surface area (Å²) >= 11 is 3.24. The Morgan fingerprint density at radius 1 is 1.04 bits per heavy atom. The van der Waals surface area contributed by atoms with Gasteiger partial charge in [0, 0.05) is 16.2 Å². The van der Waals surface area contributed by atoms with Crippen molar-refractivity contribution >= 4 is 37.5 Å². The molecule has 2 N–H and O–H groups in total. The summed E-state index contributed by atoms with van der Waals surface area (Å²) < 4.78 is 38.2. The number of fused-ring (bicyclic) bond motifs is 1. The lowest BCUT2D eigenvalue weighted by atomic mass is 10.2. The van der Waals surface area contributed by atoms with Gasteiger partial charge < -0.3 is 14.8 Å². The van der Waals surface area contributed by atoms with E-state index in [2.05, 4.69) is 26.0 Å². The van der Waals surface area contributed by atoms with Crippen LogP contribution in [0.4, 0.5) is 5.69 Å². The van der Waals surface area contributed by atoms with Crippen molar-refractivity contribution in [1.29, 1.82) is 0 Å². The fourth-order valence-corrected chi connectivity index (χ4v) is 3.43. The minimum Gasteiger partial charge on any atom is -0.486 e. The Kier molecular flexibility index (Phi) is 5.26. The molecule has 1 heterocycles. The molecule has 132 valence electrons. The Morgan fingerprint density at radius 2 is 1.72 bits per heavy atom. The molecule has 0 unspecified atom stereocenters. The second-order valence-electron chi connectivity index (χ2n) is 5.19. The van der Waals surface area contributed by atoms with Gasteiger partial charge in [0.15, 0.2) is 11.5 Å². The summed E-state index contributed by atoms with van der Waals surface area (Å²) in [6.07, 6.45) is 0. The van der Waals surface area contributed by atoms with Crippen LogP contribution in [0.1, 0.15) is 0 Å². The van der Waals surface area contributed by atoms with E-state index >= 15 is 0 Å². The first-order valence-corrected chi connectivity index (χ1v) is 9.66. The molecular weight excluding hydrogens is 412 g/mol. The molecule has 0 saturated carbocycles. The summed E-state index contributed by atoms with van der Waals surface area (Å²) in [6, 6.07) is 11.1. The highest BCUT2D eigenvalue weighted by Crippen LogP contribution is 2.32. The first-order valence-electron chi connectivity index (χ1n) is 7.39. The van der Waals surface area contributed by atoms with Crippen molar-refractivity contribution in [2.45, 2.75) is 4.90 Å². The fourth-order valence-electron chi connectivity index (χ4n) is 2.18. The maximum absolute atomic E-state index is 12.1. The lowest BCUT2D eigenvalue weighted by Gasteiger charge is -2.19. The van der Waals surface area contributed by atoms with Gasteiger partial charge in [-0.1, -0.05) is 15.9 Å². The first-order chi connectivity index (χ1) is 11.9. The van der Waals surface area contributed by atoms with Gasteiger partial charge in [0.2, 0.25) is 15.9 Å². The second kappa shape index (κ2) is 7.42. The number of carbonyl (C=O) groups excluding carboxylic acids is 1. The summed E-state index contributed by atoms with van der Waals surface area (Å²) in [4.78, 5) is 12.1. The Bertz CT molecular complexity index is 884. The van der Waals surface area contributed by atoms with Crippen molar-refractivity contribution in [3.8, 4) is 11.5 Å². The highest BCUT2D eigenvalue weighted by Gasteiger charge is 2.16. The Balaban J connectivity index is 1.60. The molecule has 1 aliphatic rings. The molecule has 1 aliphatic heterocycles. The number of amides is 1. The summed E-state index contributed by atoms with van der Waals surface area (Å²) in [5.74, 6) is 0.664. The van der Waals surface area contributed by atoms with E-state index in [-0.39, 0.29) is 11.4 Å². The van der Waals surface area contributed by atoms with Gasteiger partial charge in [0.25, 0.3) is 0 Å². The van der Waals surface area contributed by atoms with Crippen LogP contribution in [0.15, 0.2) is 51.8 Å². The third-order valence-corrected chi connectivity index (χ3v) is 5.32. The van der Waals surface area contributed by atoms with Crippen molar-refractivity contribution < 1.29 is 22.7 Å². The topological polar surface area (TPSA) is 93.7 Å². The molecule has 25 heavy (non-hydrogen) atoms. The van der Waals surface area contributed by atoms with Gasteiger partial charge in [-0.15, -0.1) is 0 Å². The average Bonchev–Trinajstić information content (AvgIpc) is 2.60. The van der Waals surface area contributed by atoms with Crippen molar-refractivity contribution in [3.05, 3.63) is 46.9 Å². The highest BCUT2D eigenvalue weighted by molar-refractivity contribution is 9.10. The molecule has 2 aromatic rings. The number of hydrogen-bond donors (Lipinski definition) is 2. The van der Waals surface area contributed by atoms with Crippen LogP contribution >= 0.6 is 15.9 Å². The van der Waals surface area contributed by atoms with Crippen LogP contribution in [0.5, 0.6) is 11.5 Å². The van der Waals surface area contributed by atoms with Gasteiger partial charge in [0.05, 0.1) is 11.4 Å². The largest absolute Gasteiger partial charge is 0.486 e. The molecule has 0 spiro atoms. The normalized spacial score (nSPS) is 13.3. The van der Waals surface area contributed by atoms with E-state index < -0.39 is 15.9 Å². The van der Waals surface area contributed by atoms with E-state index in [1.807, 2.05) is 0 Å². The van der Waals surface area contributed by atoms with Gasteiger partial charge in [-0.25, -0.2) is 13.1 Å². The summed E-state index contributed by atoms with van der Waals surface area (Å²) in [5, 5.41) is 2.62. The van der Waals surface area contributed by atoms with Crippen molar-refractivity contribution in [1.82, 2.24) is 4.72 Å².